The first-order valence-corrected chi connectivity index (χ1v) is 14.3. The molecule has 0 spiro atoms. The lowest BCUT2D eigenvalue weighted by Gasteiger charge is -2.30. The van der Waals surface area contributed by atoms with E-state index in [0.717, 1.165) is 6.35 Å². The summed E-state index contributed by atoms with van der Waals surface area (Å²) in [7, 11) is -2.19. The molecule has 1 nitrogen and oxygen atoms in total. The van der Waals surface area contributed by atoms with Gasteiger partial charge in [-0.05, 0) is 38.9 Å². The minimum absolute atomic E-state index is 0.830. The standard InChI is InChI=1S/C16H38OPSi/c1-7-10-13-18(14-11-8-2,15-12-9-3)16-17-19(4,5)6/h7-16H2,1-6H3/q+1. The van der Waals surface area contributed by atoms with E-state index in [-0.39, 0.29) is 0 Å². The van der Waals surface area contributed by atoms with Crippen molar-refractivity contribution in [2.45, 2.75) is 78.9 Å². The quantitative estimate of drug-likeness (QED) is 0.307. The zero-order chi connectivity index (χ0) is 14.8. The number of hydrogen-bond donors (Lipinski definition) is 0. The maximum atomic E-state index is 6.37. The molecule has 0 heterocycles. The summed E-state index contributed by atoms with van der Waals surface area (Å²) in [6.07, 6.45) is 13.8. The number of unbranched alkanes of at least 4 members (excludes halogenated alkanes) is 3. The van der Waals surface area contributed by atoms with Crippen LogP contribution < -0.4 is 0 Å². The van der Waals surface area contributed by atoms with Gasteiger partial charge in [0.15, 0.2) is 8.32 Å². The van der Waals surface area contributed by atoms with Gasteiger partial charge in [0.1, 0.15) is 6.35 Å². The van der Waals surface area contributed by atoms with Crippen molar-refractivity contribution < 1.29 is 4.43 Å². The fourth-order valence-corrected chi connectivity index (χ4v) is 9.00. The Bertz CT molecular complexity index is 192. The van der Waals surface area contributed by atoms with E-state index in [1.165, 1.54) is 57.0 Å². The van der Waals surface area contributed by atoms with E-state index in [0.29, 0.717) is 0 Å². The van der Waals surface area contributed by atoms with Gasteiger partial charge in [-0.3, -0.25) is 0 Å². The van der Waals surface area contributed by atoms with Crippen LogP contribution in [0.5, 0.6) is 0 Å². The molecule has 0 aromatic rings. The van der Waals surface area contributed by atoms with Crippen LogP contribution in [0.4, 0.5) is 0 Å². The van der Waals surface area contributed by atoms with Crippen molar-refractivity contribution in [2.24, 2.45) is 0 Å². The highest BCUT2D eigenvalue weighted by Crippen LogP contribution is 2.61. The van der Waals surface area contributed by atoms with Gasteiger partial charge in [-0.1, -0.05) is 40.0 Å². The van der Waals surface area contributed by atoms with Gasteiger partial charge < -0.3 is 4.43 Å². The third kappa shape index (κ3) is 10.0. The molecule has 0 aliphatic rings. The van der Waals surface area contributed by atoms with Gasteiger partial charge >= 0.3 is 0 Å². The molecule has 0 bridgehead atoms. The highest BCUT2D eigenvalue weighted by molar-refractivity contribution is 7.75. The van der Waals surface area contributed by atoms with Crippen LogP contribution in [0, 0.1) is 0 Å². The number of hydrogen-bond acceptors (Lipinski definition) is 1. The highest BCUT2D eigenvalue weighted by atomic mass is 31.2. The van der Waals surface area contributed by atoms with Crippen molar-refractivity contribution in [3.05, 3.63) is 0 Å². The van der Waals surface area contributed by atoms with Crippen LogP contribution in [0.1, 0.15) is 59.3 Å². The van der Waals surface area contributed by atoms with Crippen LogP contribution in [0.15, 0.2) is 0 Å². The molecule has 0 fully saturated rings. The van der Waals surface area contributed by atoms with E-state index < -0.39 is 15.6 Å². The summed E-state index contributed by atoms with van der Waals surface area (Å²) in [5.74, 6) is 0. The number of rotatable bonds is 12. The predicted molar refractivity (Wildman–Crippen MR) is 95.5 cm³/mol. The highest BCUT2D eigenvalue weighted by Gasteiger charge is 2.37. The Labute approximate surface area is 124 Å². The van der Waals surface area contributed by atoms with Crippen LogP contribution in [-0.4, -0.2) is 33.2 Å². The molecule has 116 valence electrons. The molecule has 0 aliphatic carbocycles. The Kier molecular flexibility index (Phi) is 10.7. The van der Waals surface area contributed by atoms with Crippen molar-refractivity contribution in [1.82, 2.24) is 0 Å². The fraction of sp³-hybridized carbons (Fsp3) is 1.00. The van der Waals surface area contributed by atoms with Gasteiger partial charge in [0.05, 0.1) is 18.5 Å². The van der Waals surface area contributed by atoms with Crippen LogP contribution in [-0.2, 0) is 4.43 Å². The molecule has 0 aromatic carbocycles. The van der Waals surface area contributed by atoms with E-state index in [1.54, 1.807) is 0 Å². The molecule has 0 rings (SSSR count). The van der Waals surface area contributed by atoms with E-state index in [4.69, 9.17) is 4.43 Å². The SMILES string of the molecule is CCCC[P+](CCCC)(CCCC)CO[Si](C)(C)C. The molecule has 0 atom stereocenters. The molecule has 0 unspecified atom stereocenters. The zero-order valence-electron chi connectivity index (χ0n) is 14.4. The third-order valence-electron chi connectivity index (χ3n) is 3.73. The Morgan fingerprint density at radius 2 is 1.11 bits per heavy atom. The minimum Gasteiger partial charge on any atom is -0.387 e. The van der Waals surface area contributed by atoms with Crippen molar-refractivity contribution in [2.75, 3.05) is 24.8 Å². The lowest BCUT2D eigenvalue weighted by atomic mass is 10.4. The van der Waals surface area contributed by atoms with Crippen molar-refractivity contribution in [1.29, 1.82) is 0 Å². The smallest absolute Gasteiger partial charge is 0.188 e. The van der Waals surface area contributed by atoms with Gasteiger partial charge in [-0.2, -0.15) is 0 Å². The second-order valence-corrected chi connectivity index (χ2v) is 15.8. The first-order valence-electron chi connectivity index (χ1n) is 8.38. The molecule has 0 N–H and O–H groups in total. The average molecular weight is 306 g/mol. The maximum absolute atomic E-state index is 6.37. The molecule has 0 aromatic heterocycles. The Hall–Kier alpha value is 0.607. The topological polar surface area (TPSA) is 9.23 Å². The van der Waals surface area contributed by atoms with Gasteiger partial charge in [0.2, 0.25) is 0 Å². The molecule has 0 radical (unpaired) electrons. The molecule has 0 saturated carbocycles. The van der Waals surface area contributed by atoms with Crippen LogP contribution in [0.3, 0.4) is 0 Å². The molecule has 19 heavy (non-hydrogen) atoms. The summed E-state index contributed by atoms with van der Waals surface area (Å²) in [5, 5.41) is 0. The Morgan fingerprint density at radius 1 is 0.737 bits per heavy atom. The van der Waals surface area contributed by atoms with E-state index in [2.05, 4.69) is 40.4 Å². The van der Waals surface area contributed by atoms with Crippen molar-refractivity contribution in [3.63, 3.8) is 0 Å². The summed E-state index contributed by atoms with van der Waals surface area (Å²) < 4.78 is 6.37. The van der Waals surface area contributed by atoms with E-state index in [1.807, 2.05) is 0 Å². The summed E-state index contributed by atoms with van der Waals surface area (Å²) in [6, 6.07) is 0. The molecular formula is C16H38OPSi+. The van der Waals surface area contributed by atoms with Gasteiger partial charge in [-0.15, -0.1) is 0 Å². The average Bonchev–Trinajstić information content (AvgIpc) is 2.36. The lowest BCUT2D eigenvalue weighted by molar-refractivity contribution is 0.379. The molecule has 0 amide bonds. The van der Waals surface area contributed by atoms with Gasteiger partial charge in [0, 0.05) is 7.26 Å². The molecular weight excluding hydrogens is 267 g/mol. The maximum Gasteiger partial charge on any atom is 0.188 e. The van der Waals surface area contributed by atoms with Crippen LogP contribution >= 0.6 is 7.26 Å². The molecule has 0 saturated heterocycles. The zero-order valence-corrected chi connectivity index (χ0v) is 16.3. The Balaban J connectivity index is 4.66. The summed E-state index contributed by atoms with van der Waals surface area (Å²) in [5.41, 5.74) is 0. The van der Waals surface area contributed by atoms with Crippen molar-refractivity contribution >= 4 is 15.6 Å². The third-order valence-corrected chi connectivity index (χ3v) is 9.45. The first-order chi connectivity index (χ1) is 8.89. The monoisotopic (exact) mass is 305 g/mol. The fourth-order valence-electron chi connectivity index (χ4n) is 2.34. The second kappa shape index (κ2) is 10.4. The summed E-state index contributed by atoms with van der Waals surface area (Å²) >= 11 is 0. The predicted octanol–water partition coefficient (Wildman–Crippen LogP) is 6.21. The van der Waals surface area contributed by atoms with E-state index in [9.17, 15) is 0 Å². The normalized spacial score (nSPS) is 12.9. The second-order valence-electron chi connectivity index (χ2n) is 6.96. The van der Waals surface area contributed by atoms with Crippen LogP contribution in [0.2, 0.25) is 19.6 Å². The first kappa shape index (κ1) is 19.6. The van der Waals surface area contributed by atoms with E-state index >= 15 is 0 Å². The largest absolute Gasteiger partial charge is 0.387 e. The minimum atomic E-state index is -1.36. The molecule has 0 aliphatic heterocycles. The van der Waals surface area contributed by atoms with Gasteiger partial charge in [0.25, 0.3) is 0 Å². The van der Waals surface area contributed by atoms with Crippen LogP contribution in [0.25, 0.3) is 0 Å². The summed E-state index contributed by atoms with van der Waals surface area (Å²) in [4.78, 5) is 0. The van der Waals surface area contributed by atoms with Gasteiger partial charge in [-0.25, -0.2) is 0 Å². The van der Waals surface area contributed by atoms with Crippen molar-refractivity contribution in [3.8, 4) is 0 Å². The lowest BCUT2D eigenvalue weighted by Crippen LogP contribution is -2.28. The molecule has 3 heteroatoms. The Morgan fingerprint density at radius 3 is 1.37 bits per heavy atom. The summed E-state index contributed by atoms with van der Waals surface area (Å²) in [6.45, 7) is 14.0.